The quantitative estimate of drug-likeness (QED) is 0.501. The number of nitrogens with one attached hydrogen (secondary N) is 1. The van der Waals surface area contributed by atoms with Gasteiger partial charge in [-0.1, -0.05) is 13.8 Å². The summed E-state index contributed by atoms with van der Waals surface area (Å²) >= 11 is 1.24. The van der Waals surface area contributed by atoms with Gasteiger partial charge >= 0.3 is 0 Å². The van der Waals surface area contributed by atoms with Crippen LogP contribution in [0.25, 0.3) is 0 Å². The van der Waals surface area contributed by atoms with Crippen LogP contribution in [0.2, 0.25) is 0 Å². The Morgan fingerprint density at radius 1 is 1.57 bits per heavy atom. The van der Waals surface area contributed by atoms with Crippen LogP contribution in [0.5, 0.6) is 0 Å². The maximum absolute atomic E-state index is 12.2. The lowest BCUT2D eigenvalue weighted by molar-refractivity contribution is -0.131. The average Bonchev–Trinajstić information content (AvgIpc) is 2.84. The van der Waals surface area contributed by atoms with Gasteiger partial charge in [-0.15, -0.1) is 11.3 Å². The van der Waals surface area contributed by atoms with Crippen LogP contribution in [0, 0.1) is 11.8 Å². The van der Waals surface area contributed by atoms with Gasteiger partial charge in [-0.3, -0.25) is 15.0 Å². The molecule has 0 bridgehead atoms. The molecule has 2 heterocycles. The number of likely N-dealkylation sites (tertiary alicyclic amines) is 1. The highest BCUT2D eigenvalue weighted by molar-refractivity contribution is 7.11. The summed E-state index contributed by atoms with van der Waals surface area (Å²) in [6.45, 7) is 5.65. The molecule has 1 aromatic heterocycles. The minimum Gasteiger partial charge on any atom is -0.337 e. The van der Waals surface area contributed by atoms with Gasteiger partial charge in [-0.2, -0.15) is 0 Å². The molecule has 1 atom stereocenters. The average molecular weight is 310 g/mol. The van der Waals surface area contributed by atoms with Crippen molar-refractivity contribution < 1.29 is 9.59 Å². The van der Waals surface area contributed by atoms with E-state index in [1.54, 1.807) is 0 Å². The van der Waals surface area contributed by atoms with Gasteiger partial charge < -0.3 is 4.90 Å². The lowest BCUT2D eigenvalue weighted by atomic mass is 9.89. The molecule has 0 radical (unpaired) electrons. The molecule has 1 aromatic rings. The number of hydrazine groups is 1. The number of nitrogens with two attached hydrogens (primary N) is 1. The molecule has 1 saturated heterocycles. The number of hydrogen-bond acceptors (Lipinski definition) is 5. The number of carbonyl (C=O) groups is 2. The third-order valence-corrected chi connectivity index (χ3v) is 4.91. The molecule has 1 unspecified atom stereocenters. The molecule has 21 heavy (non-hydrogen) atoms. The van der Waals surface area contributed by atoms with Crippen LogP contribution in [0.3, 0.4) is 0 Å². The van der Waals surface area contributed by atoms with Crippen molar-refractivity contribution in [2.75, 3.05) is 6.54 Å². The lowest BCUT2D eigenvalue weighted by Gasteiger charge is -2.20. The molecule has 116 valence electrons. The Hall–Kier alpha value is -1.47. The van der Waals surface area contributed by atoms with Crippen molar-refractivity contribution in [1.82, 2.24) is 15.3 Å². The summed E-state index contributed by atoms with van der Waals surface area (Å²) < 4.78 is 0. The third kappa shape index (κ3) is 4.01. The van der Waals surface area contributed by atoms with E-state index in [2.05, 4.69) is 24.3 Å². The smallest absolute Gasteiger partial charge is 0.294 e. The minimum atomic E-state index is -0.395. The molecule has 0 aliphatic carbocycles. The number of nitrogen functional groups attached to an aromatic ring is 1. The normalized spacial score (nSPS) is 19.7. The molecule has 0 saturated carbocycles. The minimum absolute atomic E-state index is 0.177. The summed E-state index contributed by atoms with van der Waals surface area (Å²) in [5.41, 5.74) is 2.81. The van der Waals surface area contributed by atoms with Crippen LogP contribution in [0.1, 0.15) is 48.6 Å². The molecular formula is C14H22N4O2S. The molecule has 2 amide bonds. The van der Waals surface area contributed by atoms with Gasteiger partial charge in [0.2, 0.25) is 5.91 Å². The van der Waals surface area contributed by atoms with Crippen LogP contribution < -0.4 is 11.3 Å². The summed E-state index contributed by atoms with van der Waals surface area (Å²) in [7, 11) is 0. The number of nitrogens with zero attached hydrogens (tertiary/aromatic N) is 2. The molecular weight excluding hydrogens is 288 g/mol. The Labute approximate surface area is 128 Å². The molecule has 1 fully saturated rings. The van der Waals surface area contributed by atoms with E-state index in [-0.39, 0.29) is 5.91 Å². The Morgan fingerprint density at radius 3 is 3.00 bits per heavy atom. The standard InChI is InChI=1S/C14H22N4O2S/c1-9(2)10-3-4-12(19)18(6-5-10)7-11-8-21-14(16-11)13(20)17-15/h8-10H,3-7,15H2,1-2H3,(H,17,20). The maximum Gasteiger partial charge on any atom is 0.294 e. The first kappa shape index (κ1) is 15.9. The molecule has 0 aromatic carbocycles. The number of carbonyl (C=O) groups excluding carboxylic acids is 2. The van der Waals surface area contributed by atoms with Crippen molar-refractivity contribution in [3.63, 3.8) is 0 Å². The van der Waals surface area contributed by atoms with Gasteiger partial charge in [0.1, 0.15) is 0 Å². The molecule has 7 heteroatoms. The zero-order valence-corrected chi connectivity index (χ0v) is 13.3. The first-order valence-electron chi connectivity index (χ1n) is 7.24. The number of hydrogen-bond donors (Lipinski definition) is 2. The Kier molecular flexibility index (Phi) is 5.30. The van der Waals surface area contributed by atoms with Gasteiger partial charge in [0.05, 0.1) is 12.2 Å². The van der Waals surface area contributed by atoms with Crippen molar-refractivity contribution >= 4 is 23.2 Å². The highest BCUT2D eigenvalue weighted by atomic mass is 32.1. The molecule has 2 rings (SSSR count). The van der Waals surface area contributed by atoms with E-state index in [4.69, 9.17) is 5.84 Å². The molecule has 1 aliphatic heterocycles. The van der Waals surface area contributed by atoms with E-state index >= 15 is 0 Å². The number of thiazole rings is 1. The van der Waals surface area contributed by atoms with E-state index in [1.165, 1.54) is 11.3 Å². The second-order valence-corrected chi connectivity index (χ2v) is 6.62. The summed E-state index contributed by atoms with van der Waals surface area (Å²) in [4.78, 5) is 29.6. The summed E-state index contributed by atoms with van der Waals surface area (Å²) in [6, 6.07) is 0. The molecule has 6 nitrogen and oxygen atoms in total. The number of aromatic nitrogens is 1. The van der Waals surface area contributed by atoms with Crippen LogP contribution in [0.4, 0.5) is 0 Å². The number of amides is 2. The molecule has 3 N–H and O–H groups in total. The largest absolute Gasteiger partial charge is 0.337 e. The van der Waals surface area contributed by atoms with Crippen molar-refractivity contribution in [2.24, 2.45) is 17.7 Å². The second-order valence-electron chi connectivity index (χ2n) is 5.76. The van der Waals surface area contributed by atoms with E-state index in [1.807, 2.05) is 10.3 Å². The highest BCUT2D eigenvalue weighted by Crippen LogP contribution is 2.26. The fourth-order valence-electron chi connectivity index (χ4n) is 2.63. The Balaban J connectivity index is 2.00. The van der Waals surface area contributed by atoms with Crippen LogP contribution in [-0.2, 0) is 11.3 Å². The van der Waals surface area contributed by atoms with Crippen LogP contribution in [-0.4, -0.2) is 28.2 Å². The monoisotopic (exact) mass is 310 g/mol. The zero-order valence-electron chi connectivity index (χ0n) is 12.5. The van der Waals surface area contributed by atoms with Crippen molar-refractivity contribution in [3.8, 4) is 0 Å². The summed E-state index contributed by atoms with van der Waals surface area (Å²) in [5, 5.41) is 2.14. The Morgan fingerprint density at radius 2 is 2.33 bits per heavy atom. The van der Waals surface area contributed by atoms with Crippen molar-refractivity contribution in [3.05, 3.63) is 16.1 Å². The predicted molar refractivity (Wildman–Crippen MR) is 81.4 cm³/mol. The maximum atomic E-state index is 12.2. The van der Waals surface area contributed by atoms with Gasteiger partial charge in [-0.05, 0) is 24.7 Å². The predicted octanol–water partition coefficient (Wildman–Crippen LogP) is 1.53. The molecule has 0 spiro atoms. The van der Waals surface area contributed by atoms with Gasteiger partial charge in [-0.25, -0.2) is 10.8 Å². The van der Waals surface area contributed by atoms with E-state index in [0.29, 0.717) is 29.8 Å². The summed E-state index contributed by atoms with van der Waals surface area (Å²) in [5.74, 6) is 6.08. The second kappa shape index (κ2) is 7.00. The van der Waals surface area contributed by atoms with Crippen molar-refractivity contribution in [2.45, 2.75) is 39.7 Å². The first-order chi connectivity index (χ1) is 10.0. The van der Waals surface area contributed by atoms with E-state index < -0.39 is 5.91 Å². The molecule has 1 aliphatic rings. The fraction of sp³-hybridized carbons (Fsp3) is 0.643. The Bertz CT molecular complexity index is 515. The van der Waals surface area contributed by atoms with E-state index in [0.717, 1.165) is 25.1 Å². The SMILES string of the molecule is CC(C)C1CCC(=O)N(Cc2csc(C(=O)NN)n2)CC1. The summed E-state index contributed by atoms with van der Waals surface area (Å²) in [6.07, 6.45) is 2.59. The van der Waals surface area contributed by atoms with Gasteiger partial charge in [0, 0.05) is 18.3 Å². The highest BCUT2D eigenvalue weighted by Gasteiger charge is 2.25. The third-order valence-electron chi connectivity index (χ3n) is 4.02. The number of rotatable bonds is 4. The van der Waals surface area contributed by atoms with Gasteiger partial charge in [0.25, 0.3) is 5.91 Å². The van der Waals surface area contributed by atoms with Crippen LogP contribution >= 0.6 is 11.3 Å². The zero-order chi connectivity index (χ0) is 15.4. The van der Waals surface area contributed by atoms with Crippen LogP contribution in [0.15, 0.2) is 5.38 Å². The first-order valence-corrected chi connectivity index (χ1v) is 8.12. The van der Waals surface area contributed by atoms with Gasteiger partial charge in [0.15, 0.2) is 5.01 Å². The topological polar surface area (TPSA) is 88.3 Å². The van der Waals surface area contributed by atoms with Crippen molar-refractivity contribution in [1.29, 1.82) is 0 Å². The van der Waals surface area contributed by atoms with E-state index in [9.17, 15) is 9.59 Å². The fourth-order valence-corrected chi connectivity index (χ4v) is 3.34. The lowest BCUT2D eigenvalue weighted by Crippen LogP contribution is -2.31.